The first-order chi connectivity index (χ1) is 25.3. The maximum atomic E-state index is 6.93. The number of fused-ring (bicyclic) bond motifs is 10. The Balaban J connectivity index is 1.21. The molecule has 0 fully saturated rings. The summed E-state index contributed by atoms with van der Waals surface area (Å²) in [6, 6.07) is 62.7. The van der Waals surface area contributed by atoms with Gasteiger partial charge in [0.25, 0.3) is 0 Å². The van der Waals surface area contributed by atoms with Gasteiger partial charge in [-0.25, -0.2) is 0 Å². The Morgan fingerprint density at radius 2 is 0.843 bits per heavy atom. The molecule has 1 aromatic heterocycles. The van der Waals surface area contributed by atoms with E-state index in [1.165, 1.54) is 86.7 Å². The Morgan fingerprint density at radius 1 is 0.275 bits per heavy atom. The van der Waals surface area contributed by atoms with Gasteiger partial charge in [-0.05, 0) is 117 Å². The highest BCUT2D eigenvalue weighted by Crippen LogP contribution is 2.46. The minimum Gasteiger partial charge on any atom is -0.455 e. The molecular weight excluding hydrogens is 617 g/mol. The molecule has 0 unspecified atom stereocenters. The summed E-state index contributed by atoms with van der Waals surface area (Å²) in [5.74, 6) is 0. The average Bonchev–Trinajstić information content (AvgIpc) is 3.58. The number of hydrogen-bond acceptors (Lipinski definition) is 1. The van der Waals surface area contributed by atoms with Gasteiger partial charge in [0.2, 0.25) is 0 Å². The third-order valence-corrected chi connectivity index (χ3v) is 11.3. The summed E-state index contributed by atoms with van der Waals surface area (Å²) in [5, 5.41) is 20.0. The standard InChI is InChI=1S/C50H28O/c1-3-10-38-29(6-1)12-15-34-16-13-31-14-19-36(26-43(31)47(34)38)37-27-44(49-42-25-20-30-7-2-4-11-39(30)50(42)51-45(49)28-37)40-23-21-35-18-17-32-8-5-9-33-22-24-41(40)48(35)46(32)33/h1-28H. The Hall–Kier alpha value is -6.70. The largest absolute Gasteiger partial charge is 0.455 e. The van der Waals surface area contributed by atoms with Crippen molar-refractivity contribution in [2.24, 2.45) is 0 Å². The van der Waals surface area contributed by atoms with Crippen LogP contribution in [0.3, 0.4) is 0 Å². The molecular formula is C50H28O. The first-order valence-electron chi connectivity index (χ1n) is 17.7. The highest BCUT2D eigenvalue weighted by molar-refractivity contribution is 6.28. The Kier molecular flexibility index (Phi) is 5.29. The van der Waals surface area contributed by atoms with Crippen molar-refractivity contribution in [3.63, 3.8) is 0 Å². The van der Waals surface area contributed by atoms with E-state index in [9.17, 15) is 0 Å². The molecule has 0 bridgehead atoms. The molecule has 0 saturated heterocycles. The van der Waals surface area contributed by atoms with E-state index >= 15 is 0 Å². The van der Waals surface area contributed by atoms with E-state index in [0.29, 0.717) is 0 Å². The summed E-state index contributed by atoms with van der Waals surface area (Å²) in [4.78, 5) is 0. The second kappa shape index (κ2) is 9.94. The van der Waals surface area contributed by atoms with Gasteiger partial charge in [-0.2, -0.15) is 0 Å². The average molecular weight is 645 g/mol. The molecule has 0 aliphatic carbocycles. The summed E-state index contributed by atoms with van der Waals surface area (Å²) in [6.45, 7) is 0. The van der Waals surface area contributed by atoms with Gasteiger partial charge in [-0.15, -0.1) is 0 Å². The normalized spacial score (nSPS) is 12.3. The molecule has 12 aromatic rings. The first kappa shape index (κ1) is 27.2. The van der Waals surface area contributed by atoms with Crippen molar-refractivity contribution in [3.8, 4) is 22.3 Å². The smallest absolute Gasteiger partial charge is 0.143 e. The predicted octanol–water partition coefficient (Wildman–Crippen LogP) is 14.4. The summed E-state index contributed by atoms with van der Waals surface area (Å²) >= 11 is 0. The van der Waals surface area contributed by atoms with Crippen LogP contribution >= 0.6 is 0 Å². The van der Waals surface area contributed by atoms with Crippen molar-refractivity contribution in [2.75, 3.05) is 0 Å². The Morgan fingerprint density at radius 3 is 1.67 bits per heavy atom. The van der Waals surface area contributed by atoms with Crippen LogP contribution in [0.4, 0.5) is 0 Å². The lowest BCUT2D eigenvalue weighted by Crippen LogP contribution is -1.89. The quantitative estimate of drug-likeness (QED) is 0.171. The van der Waals surface area contributed by atoms with Gasteiger partial charge in [0, 0.05) is 16.2 Å². The van der Waals surface area contributed by atoms with E-state index < -0.39 is 0 Å². The Labute approximate surface area is 292 Å². The molecule has 0 spiro atoms. The zero-order chi connectivity index (χ0) is 33.2. The molecule has 0 N–H and O–H groups in total. The van der Waals surface area contributed by atoms with Gasteiger partial charge in [0.15, 0.2) is 0 Å². The van der Waals surface area contributed by atoms with Crippen LogP contribution in [0.25, 0.3) is 120 Å². The van der Waals surface area contributed by atoms with E-state index in [1.807, 2.05) is 0 Å². The number of furan rings is 1. The lowest BCUT2D eigenvalue weighted by Gasteiger charge is -2.16. The molecule has 0 aliphatic heterocycles. The van der Waals surface area contributed by atoms with Crippen molar-refractivity contribution in [2.45, 2.75) is 0 Å². The van der Waals surface area contributed by atoms with Crippen molar-refractivity contribution in [1.29, 1.82) is 0 Å². The fourth-order valence-electron chi connectivity index (χ4n) is 8.99. The van der Waals surface area contributed by atoms with Crippen molar-refractivity contribution < 1.29 is 4.42 Å². The summed E-state index contributed by atoms with van der Waals surface area (Å²) in [6.07, 6.45) is 0. The monoisotopic (exact) mass is 644 g/mol. The predicted molar refractivity (Wildman–Crippen MR) is 218 cm³/mol. The maximum Gasteiger partial charge on any atom is 0.143 e. The molecule has 234 valence electrons. The molecule has 51 heavy (non-hydrogen) atoms. The molecule has 11 aromatic carbocycles. The van der Waals surface area contributed by atoms with E-state index in [1.54, 1.807) is 0 Å². The molecule has 1 heterocycles. The van der Waals surface area contributed by atoms with Crippen LogP contribution in [0.5, 0.6) is 0 Å². The van der Waals surface area contributed by atoms with Crippen LogP contribution in [0, 0.1) is 0 Å². The Bertz CT molecular complexity index is 3400. The molecule has 0 atom stereocenters. The van der Waals surface area contributed by atoms with Crippen LogP contribution in [0.15, 0.2) is 174 Å². The zero-order valence-electron chi connectivity index (χ0n) is 27.6. The van der Waals surface area contributed by atoms with Crippen molar-refractivity contribution in [1.82, 2.24) is 0 Å². The van der Waals surface area contributed by atoms with Crippen LogP contribution in [-0.4, -0.2) is 0 Å². The second-order valence-electron chi connectivity index (χ2n) is 14.0. The first-order valence-corrected chi connectivity index (χ1v) is 17.7. The maximum absolute atomic E-state index is 6.93. The summed E-state index contributed by atoms with van der Waals surface area (Å²) in [5.41, 5.74) is 6.58. The lowest BCUT2D eigenvalue weighted by atomic mass is 9.87. The highest BCUT2D eigenvalue weighted by Gasteiger charge is 2.20. The van der Waals surface area contributed by atoms with Crippen LogP contribution < -0.4 is 0 Å². The number of benzene rings is 11. The van der Waals surface area contributed by atoms with Gasteiger partial charge >= 0.3 is 0 Å². The van der Waals surface area contributed by atoms with Crippen molar-refractivity contribution in [3.05, 3.63) is 170 Å². The van der Waals surface area contributed by atoms with Gasteiger partial charge in [0.1, 0.15) is 11.2 Å². The molecule has 0 amide bonds. The zero-order valence-corrected chi connectivity index (χ0v) is 27.6. The van der Waals surface area contributed by atoms with Gasteiger partial charge < -0.3 is 4.42 Å². The molecule has 0 aliphatic rings. The lowest BCUT2D eigenvalue weighted by molar-refractivity contribution is 0.673. The highest BCUT2D eigenvalue weighted by atomic mass is 16.3. The van der Waals surface area contributed by atoms with E-state index in [4.69, 9.17) is 4.42 Å². The molecule has 0 saturated carbocycles. The second-order valence-corrected chi connectivity index (χ2v) is 14.0. The molecule has 12 rings (SSSR count). The molecule has 0 radical (unpaired) electrons. The minimum atomic E-state index is 0.906. The van der Waals surface area contributed by atoms with Gasteiger partial charge in [-0.3, -0.25) is 0 Å². The molecule has 1 nitrogen and oxygen atoms in total. The topological polar surface area (TPSA) is 13.1 Å². The van der Waals surface area contributed by atoms with E-state index in [0.717, 1.165) is 32.9 Å². The van der Waals surface area contributed by atoms with Gasteiger partial charge in [0.05, 0.1) is 0 Å². The SMILES string of the molecule is c1ccc2c(c1)ccc1c2oc2cc(-c3ccc4ccc5ccc6ccccc6c5c4c3)cc(-c3ccc4ccc5cccc6ccc3c4c56)c21. The van der Waals surface area contributed by atoms with Crippen LogP contribution in [0.1, 0.15) is 0 Å². The van der Waals surface area contributed by atoms with E-state index in [2.05, 4.69) is 170 Å². The summed E-state index contributed by atoms with van der Waals surface area (Å²) < 4.78 is 6.93. The van der Waals surface area contributed by atoms with E-state index in [-0.39, 0.29) is 0 Å². The number of rotatable bonds is 2. The van der Waals surface area contributed by atoms with Gasteiger partial charge in [-0.1, -0.05) is 146 Å². The minimum absolute atomic E-state index is 0.906. The van der Waals surface area contributed by atoms with Crippen molar-refractivity contribution >= 4 is 97.3 Å². The fourth-order valence-corrected chi connectivity index (χ4v) is 8.99. The number of hydrogen-bond donors (Lipinski definition) is 0. The fraction of sp³-hybridized carbons (Fsp3) is 0. The molecule has 1 heteroatoms. The third kappa shape index (κ3) is 3.75. The van der Waals surface area contributed by atoms with Crippen LogP contribution in [-0.2, 0) is 0 Å². The third-order valence-electron chi connectivity index (χ3n) is 11.3. The van der Waals surface area contributed by atoms with Crippen LogP contribution in [0.2, 0.25) is 0 Å². The summed E-state index contributed by atoms with van der Waals surface area (Å²) in [7, 11) is 0.